The molecule has 2 aromatic rings. The molecule has 2 aliphatic heterocycles. The first-order chi connectivity index (χ1) is 15.8. The Bertz CT molecular complexity index is 1060. The molecule has 2 aliphatic rings. The fourth-order valence-corrected chi connectivity index (χ4v) is 5.63. The summed E-state index contributed by atoms with van der Waals surface area (Å²) in [6.45, 7) is 3.47. The first kappa shape index (κ1) is 23.6. The highest BCUT2D eigenvalue weighted by atomic mass is 32.2. The number of likely N-dealkylation sites (N-methyl/N-ethyl adjacent to an activating group) is 1. The second-order valence-electron chi connectivity index (χ2n) is 8.73. The van der Waals surface area contributed by atoms with Crippen molar-refractivity contribution in [2.24, 2.45) is 0 Å². The zero-order valence-electron chi connectivity index (χ0n) is 18.7. The molecule has 4 rings (SSSR count). The van der Waals surface area contributed by atoms with Gasteiger partial charge in [-0.1, -0.05) is 0 Å². The van der Waals surface area contributed by atoms with Gasteiger partial charge in [0, 0.05) is 63.8 Å². The third-order valence-electron chi connectivity index (χ3n) is 6.22. The number of carbonyl (C=O) groups is 1. The molecule has 2 N–H and O–H groups in total. The average molecular weight is 475 g/mol. The quantitative estimate of drug-likeness (QED) is 0.608. The summed E-state index contributed by atoms with van der Waals surface area (Å²) in [5.41, 5.74) is -0.742. The molecule has 0 radical (unpaired) electrons. The van der Waals surface area contributed by atoms with Gasteiger partial charge in [-0.2, -0.15) is 4.31 Å². The lowest BCUT2D eigenvalue weighted by atomic mass is 9.92. The summed E-state index contributed by atoms with van der Waals surface area (Å²) in [5, 5.41) is 13.8. The van der Waals surface area contributed by atoms with Crippen LogP contribution in [0.3, 0.4) is 0 Å². The molecule has 3 heterocycles. The van der Waals surface area contributed by atoms with Crippen LogP contribution in [0.25, 0.3) is 0 Å². The van der Waals surface area contributed by atoms with Gasteiger partial charge in [0.15, 0.2) is 0 Å². The number of aromatic nitrogens is 2. The Morgan fingerprint density at radius 2 is 1.85 bits per heavy atom. The van der Waals surface area contributed by atoms with Crippen molar-refractivity contribution in [2.45, 2.75) is 23.3 Å². The third-order valence-corrected chi connectivity index (χ3v) is 8.14. The van der Waals surface area contributed by atoms with E-state index in [1.54, 1.807) is 18.6 Å². The Hall–Kier alpha value is -2.60. The van der Waals surface area contributed by atoms with Crippen LogP contribution in [-0.2, 0) is 10.0 Å². The summed E-state index contributed by atoms with van der Waals surface area (Å²) in [7, 11) is -1.61. The monoisotopic (exact) mass is 474 g/mol. The van der Waals surface area contributed by atoms with Crippen molar-refractivity contribution in [3.05, 3.63) is 48.4 Å². The van der Waals surface area contributed by atoms with E-state index in [2.05, 4.69) is 20.2 Å². The van der Waals surface area contributed by atoms with Crippen LogP contribution in [0.1, 0.15) is 23.2 Å². The molecule has 2 fully saturated rings. The number of nitrogens with one attached hydrogen (secondary N) is 1. The van der Waals surface area contributed by atoms with Crippen molar-refractivity contribution in [1.29, 1.82) is 0 Å². The first-order valence-corrected chi connectivity index (χ1v) is 12.5. The van der Waals surface area contributed by atoms with Gasteiger partial charge in [0.1, 0.15) is 5.82 Å². The topological polar surface area (TPSA) is 119 Å². The number of piperidine rings is 1. The highest BCUT2D eigenvalue weighted by Gasteiger charge is 2.34. The lowest BCUT2D eigenvalue weighted by Gasteiger charge is -2.39. The van der Waals surface area contributed by atoms with E-state index < -0.39 is 15.6 Å². The largest absolute Gasteiger partial charge is 0.386 e. The van der Waals surface area contributed by atoms with E-state index >= 15 is 0 Å². The maximum Gasteiger partial charge on any atom is 0.251 e. The highest BCUT2D eigenvalue weighted by molar-refractivity contribution is 7.89. The Labute approximate surface area is 194 Å². The minimum absolute atomic E-state index is 0.0872. The normalized spacial score (nSPS) is 22.8. The number of sulfonamides is 1. The number of β-amino-alcohol motifs (C(OH)–C–C–N with tert-alkyl or cyclic N) is 1. The van der Waals surface area contributed by atoms with Gasteiger partial charge in [0.05, 0.1) is 16.7 Å². The molecule has 1 amide bonds. The number of benzene rings is 1. The lowest BCUT2D eigenvalue weighted by Crippen LogP contribution is -2.54. The number of hydrogen-bond acceptors (Lipinski definition) is 8. The second-order valence-corrected chi connectivity index (χ2v) is 10.7. The van der Waals surface area contributed by atoms with Crippen molar-refractivity contribution in [1.82, 2.24) is 24.5 Å². The van der Waals surface area contributed by atoms with Crippen molar-refractivity contribution in [2.75, 3.05) is 57.8 Å². The van der Waals surface area contributed by atoms with Gasteiger partial charge in [0.2, 0.25) is 10.0 Å². The maximum atomic E-state index is 12.9. The molecule has 10 nitrogen and oxygen atoms in total. The summed E-state index contributed by atoms with van der Waals surface area (Å²) in [6.07, 6.45) is 6.19. The number of carbonyl (C=O) groups excluding carboxylic acids is 1. The van der Waals surface area contributed by atoms with E-state index in [1.807, 2.05) is 11.9 Å². The average Bonchev–Trinajstić information content (AvgIpc) is 2.83. The molecule has 0 saturated carbocycles. The van der Waals surface area contributed by atoms with E-state index in [1.165, 1.54) is 28.6 Å². The standard InChI is InChI=1S/C22H30N6O4S/c1-26-11-13-28(14-12-26)33(31,32)19-5-3-18(4-6-19)21(29)25-16-22(30)7-2-10-27(17-22)20-15-23-8-9-24-20/h3-6,8-9,15,30H,2,7,10-14,16-17H2,1H3,(H,25,29)/t22-/m0/s1. The summed E-state index contributed by atoms with van der Waals surface area (Å²) in [5.74, 6) is 0.336. The van der Waals surface area contributed by atoms with E-state index in [4.69, 9.17) is 0 Å². The van der Waals surface area contributed by atoms with Crippen molar-refractivity contribution >= 4 is 21.7 Å². The second kappa shape index (κ2) is 9.72. The van der Waals surface area contributed by atoms with Crippen molar-refractivity contribution in [3.63, 3.8) is 0 Å². The number of aliphatic hydroxyl groups is 1. The molecule has 1 aromatic carbocycles. The van der Waals surface area contributed by atoms with E-state index in [-0.39, 0.29) is 17.3 Å². The number of hydrogen-bond donors (Lipinski definition) is 2. The molecule has 178 valence electrons. The maximum absolute atomic E-state index is 12.9. The van der Waals surface area contributed by atoms with Crippen LogP contribution in [0.2, 0.25) is 0 Å². The van der Waals surface area contributed by atoms with Gasteiger partial charge in [-0.3, -0.25) is 9.78 Å². The fraction of sp³-hybridized carbons (Fsp3) is 0.500. The highest BCUT2D eigenvalue weighted by Crippen LogP contribution is 2.24. The van der Waals surface area contributed by atoms with Crippen LogP contribution >= 0.6 is 0 Å². The summed E-state index contributed by atoms with van der Waals surface area (Å²) < 4.78 is 27.2. The van der Waals surface area contributed by atoms with Gasteiger partial charge in [-0.05, 0) is 44.2 Å². The number of nitrogens with zero attached hydrogens (tertiary/aromatic N) is 5. The predicted molar refractivity (Wildman–Crippen MR) is 123 cm³/mol. The zero-order valence-corrected chi connectivity index (χ0v) is 19.5. The molecular formula is C22H30N6O4S. The predicted octanol–water partition coefficient (Wildman–Crippen LogP) is 0.174. The molecule has 0 unspecified atom stereocenters. The number of anilines is 1. The molecular weight excluding hydrogens is 444 g/mol. The molecule has 2 saturated heterocycles. The third kappa shape index (κ3) is 5.49. The van der Waals surface area contributed by atoms with Crippen molar-refractivity contribution < 1.29 is 18.3 Å². The van der Waals surface area contributed by atoms with Gasteiger partial charge in [-0.25, -0.2) is 13.4 Å². The molecule has 1 atom stereocenters. The van der Waals surface area contributed by atoms with E-state index in [9.17, 15) is 18.3 Å². The van der Waals surface area contributed by atoms with Crippen LogP contribution < -0.4 is 10.2 Å². The number of rotatable bonds is 6. The molecule has 0 bridgehead atoms. The Kier molecular flexibility index (Phi) is 6.94. The molecule has 33 heavy (non-hydrogen) atoms. The summed E-state index contributed by atoms with van der Waals surface area (Å²) >= 11 is 0. The first-order valence-electron chi connectivity index (χ1n) is 11.1. The smallest absolute Gasteiger partial charge is 0.251 e. The van der Waals surface area contributed by atoms with Crippen LogP contribution in [0.4, 0.5) is 5.82 Å². The molecule has 0 aliphatic carbocycles. The van der Waals surface area contributed by atoms with Gasteiger partial charge < -0.3 is 20.2 Å². The SMILES string of the molecule is CN1CCN(S(=O)(=O)c2ccc(C(=O)NC[C@@]3(O)CCCN(c4cnccn4)C3)cc2)CC1. The molecule has 1 aromatic heterocycles. The minimum Gasteiger partial charge on any atom is -0.386 e. The van der Waals surface area contributed by atoms with Crippen LogP contribution in [-0.4, -0.2) is 97.1 Å². The van der Waals surface area contributed by atoms with Gasteiger partial charge >= 0.3 is 0 Å². The fourth-order valence-electron chi connectivity index (χ4n) is 4.21. The molecule has 0 spiro atoms. The van der Waals surface area contributed by atoms with E-state index in [0.717, 1.165) is 13.0 Å². The van der Waals surface area contributed by atoms with E-state index in [0.29, 0.717) is 50.5 Å². The summed E-state index contributed by atoms with van der Waals surface area (Å²) in [6, 6.07) is 5.95. The number of piperazine rings is 1. The minimum atomic E-state index is -3.58. The summed E-state index contributed by atoms with van der Waals surface area (Å²) in [4.78, 5) is 25.2. The van der Waals surface area contributed by atoms with Crippen LogP contribution in [0, 0.1) is 0 Å². The van der Waals surface area contributed by atoms with Crippen molar-refractivity contribution in [3.8, 4) is 0 Å². The van der Waals surface area contributed by atoms with Crippen LogP contribution in [0.5, 0.6) is 0 Å². The Morgan fingerprint density at radius 1 is 1.12 bits per heavy atom. The lowest BCUT2D eigenvalue weighted by molar-refractivity contribution is 0.0254. The Morgan fingerprint density at radius 3 is 2.52 bits per heavy atom. The zero-order chi connectivity index (χ0) is 23.5. The van der Waals surface area contributed by atoms with Crippen LogP contribution in [0.15, 0.2) is 47.8 Å². The van der Waals surface area contributed by atoms with Gasteiger partial charge in [0.25, 0.3) is 5.91 Å². The Balaban J connectivity index is 1.36. The molecule has 11 heteroatoms. The van der Waals surface area contributed by atoms with Gasteiger partial charge in [-0.15, -0.1) is 0 Å². The number of amides is 1.